The molecule has 0 saturated heterocycles. The second-order valence-corrected chi connectivity index (χ2v) is 4.05. The lowest BCUT2D eigenvalue weighted by molar-refractivity contribution is 1.09. The predicted octanol–water partition coefficient (Wildman–Crippen LogP) is 2.52. The number of hydrogen-bond donors (Lipinski definition) is 2. The molecule has 0 atom stereocenters. The minimum absolute atomic E-state index is 0.549. The van der Waals surface area contributed by atoms with Gasteiger partial charge in [-0.05, 0) is 24.6 Å². The first-order valence-electron chi connectivity index (χ1n) is 5.42. The molecule has 0 bridgehead atoms. The van der Waals surface area contributed by atoms with Gasteiger partial charge in [-0.1, -0.05) is 18.2 Å². The second kappa shape index (κ2) is 3.59. The van der Waals surface area contributed by atoms with Crippen molar-refractivity contribution in [3.05, 3.63) is 42.0 Å². The van der Waals surface area contributed by atoms with Gasteiger partial charge in [0.15, 0.2) is 0 Å². The molecule has 0 aliphatic heterocycles. The Morgan fingerprint density at radius 2 is 1.94 bits per heavy atom. The van der Waals surface area contributed by atoms with E-state index in [4.69, 9.17) is 5.73 Å². The number of benzene rings is 1. The summed E-state index contributed by atoms with van der Waals surface area (Å²) in [6.45, 7) is 2.07. The van der Waals surface area contributed by atoms with E-state index in [9.17, 15) is 0 Å². The van der Waals surface area contributed by atoms with Gasteiger partial charge in [-0.25, -0.2) is 4.98 Å². The molecule has 17 heavy (non-hydrogen) atoms. The van der Waals surface area contributed by atoms with E-state index in [0.717, 1.165) is 16.9 Å². The number of H-pyrrole nitrogens is 1. The molecule has 3 rings (SSSR count). The number of nitrogen functional groups attached to an aromatic ring is 1. The molecule has 2 heterocycles. The Morgan fingerprint density at radius 3 is 2.71 bits per heavy atom. The van der Waals surface area contributed by atoms with E-state index in [1.807, 2.05) is 24.3 Å². The highest BCUT2D eigenvalue weighted by Gasteiger charge is 2.07. The van der Waals surface area contributed by atoms with Crippen molar-refractivity contribution >= 4 is 16.7 Å². The molecule has 4 heteroatoms. The number of anilines is 1. The van der Waals surface area contributed by atoms with Crippen molar-refractivity contribution in [1.29, 1.82) is 0 Å². The molecule has 0 fully saturated rings. The molecule has 0 radical (unpaired) electrons. The van der Waals surface area contributed by atoms with Gasteiger partial charge < -0.3 is 5.73 Å². The molecule has 0 aliphatic carbocycles. The molecule has 3 N–H and O–H groups in total. The fraction of sp³-hybridized carbons (Fsp3) is 0.0769. The van der Waals surface area contributed by atoms with E-state index in [2.05, 4.69) is 28.2 Å². The van der Waals surface area contributed by atoms with Crippen LogP contribution in [0.2, 0.25) is 0 Å². The maximum atomic E-state index is 5.62. The van der Waals surface area contributed by atoms with E-state index in [-0.39, 0.29) is 0 Å². The van der Waals surface area contributed by atoms with Crippen LogP contribution in [0.25, 0.3) is 22.3 Å². The van der Waals surface area contributed by atoms with Gasteiger partial charge in [-0.3, -0.25) is 5.10 Å². The Labute approximate surface area is 98.5 Å². The van der Waals surface area contributed by atoms with Gasteiger partial charge >= 0.3 is 0 Å². The number of aryl methyl sites for hydroxylation is 1. The van der Waals surface area contributed by atoms with Crippen molar-refractivity contribution in [2.75, 3.05) is 5.73 Å². The van der Waals surface area contributed by atoms with E-state index in [1.165, 1.54) is 10.9 Å². The number of rotatable bonds is 1. The summed E-state index contributed by atoms with van der Waals surface area (Å²) in [6, 6.07) is 11.9. The van der Waals surface area contributed by atoms with Gasteiger partial charge in [0.1, 0.15) is 11.5 Å². The maximum absolute atomic E-state index is 5.62. The Hall–Kier alpha value is -2.36. The van der Waals surface area contributed by atoms with E-state index >= 15 is 0 Å². The number of aromatic nitrogens is 3. The summed E-state index contributed by atoms with van der Waals surface area (Å²) in [6.07, 6.45) is 0. The largest absolute Gasteiger partial charge is 0.384 e. The van der Waals surface area contributed by atoms with Crippen LogP contribution >= 0.6 is 0 Å². The predicted molar refractivity (Wildman–Crippen MR) is 68.5 cm³/mol. The minimum Gasteiger partial charge on any atom is -0.384 e. The molecule has 0 saturated carbocycles. The van der Waals surface area contributed by atoms with Gasteiger partial charge in [0, 0.05) is 11.5 Å². The van der Waals surface area contributed by atoms with E-state index in [0.29, 0.717) is 5.82 Å². The molecule has 0 amide bonds. The summed E-state index contributed by atoms with van der Waals surface area (Å²) in [5, 5.41) is 8.01. The fourth-order valence-electron chi connectivity index (χ4n) is 1.95. The standard InChI is InChI=1S/C13H12N4/c1-8-6-11(12-7-13(14)17-16-12)15-10-5-3-2-4-9(8)10/h2-7H,1H3,(H3,14,16,17). The van der Waals surface area contributed by atoms with E-state index in [1.54, 1.807) is 6.07 Å². The Balaban J connectivity index is 2.25. The highest BCUT2D eigenvalue weighted by Crippen LogP contribution is 2.23. The van der Waals surface area contributed by atoms with Crippen LogP contribution in [-0.4, -0.2) is 15.2 Å². The number of fused-ring (bicyclic) bond motifs is 1. The third kappa shape index (κ3) is 1.63. The molecular weight excluding hydrogens is 212 g/mol. The van der Waals surface area contributed by atoms with Crippen LogP contribution in [0.15, 0.2) is 36.4 Å². The summed E-state index contributed by atoms with van der Waals surface area (Å²) in [7, 11) is 0. The number of nitrogens with one attached hydrogen (secondary N) is 1. The highest BCUT2D eigenvalue weighted by atomic mass is 15.2. The van der Waals surface area contributed by atoms with Crippen LogP contribution in [0.1, 0.15) is 5.56 Å². The molecule has 84 valence electrons. The van der Waals surface area contributed by atoms with Crippen molar-refractivity contribution in [2.45, 2.75) is 6.92 Å². The average Bonchev–Trinajstić information content (AvgIpc) is 2.76. The second-order valence-electron chi connectivity index (χ2n) is 4.05. The molecule has 3 aromatic rings. The highest BCUT2D eigenvalue weighted by molar-refractivity contribution is 5.84. The van der Waals surface area contributed by atoms with Crippen molar-refractivity contribution in [3.8, 4) is 11.4 Å². The number of aromatic amines is 1. The van der Waals surface area contributed by atoms with Crippen LogP contribution in [0.5, 0.6) is 0 Å². The summed E-state index contributed by atoms with van der Waals surface area (Å²) in [5.74, 6) is 0.549. The zero-order valence-electron chi connectivity index (χ0n) is 9.44. The van der Waals surface area contributed by atoms with Gasteiger partial charge in [-0.2, -0.15) is 5.10 Å². The zero-order chi connectivity index (χ0) is 11.8. The third-order valence-electron chi connectivity index (χ3n) is 2.78. The summed E-state index contributed by atoms with van der Waals surface area (Å²) < 4.78 is 0. The Bertz CT molecular complexity index is 685. The van der Waals surface area contributed by atoms with E-state index < -0.39 is 0 Å². The van der Waals surface area contributed by atoms with Crippen LogP contribution in [0, 0.1) is 6.92 Å². The SMILES string of the molecule is Cc1cc(-c2cc(N)[nH]n2)nc2ccccc12. The lowest BCUT2D eigenvalue weighted by atomic mass is 10.1. The monoisotopic (exact) mass is 224 g/mol. The normalized spacial score (nSPS) is 10.9. The molecule has 4 nitrogen and oxygen atoms in total. The maximum Gasteiger partial charge on any atom is 0.119 e. The Morgan fingerprint density at radius 1 is 1.12 bits per heavy atom. The van der Waals surface area contributed by atoms with Crippen molar-refractivity contribution in [2.24, 2.45) is 0 Å². The van der Waals surface area contributed by atoms with Gasteiger partial charge in [0.25, 0.3) is 0 Å². The smallest absolute Gasteiger partial charge is 0.119 e. The molecular formula is C13H12N4. The van der Waals surface area contributed by atoms with Crippen molar-refractivity contribution < 1.29 is 0 Å². The van der Waals surface area contributed by atoms with Crippen LogP contribution in [0.4, 0.5) is 5.82 Å². The van der Waals surface area contributed by atoms with Gasteiger partial charge in [-0.15, -0.1) is 0 Å². The number of nitrogens with zero attached hydrogens (tertiary/aromatic N) is 2. The number of pyridine rings is 1. The quantitative estimate of drug-likeness (QED) is 0.667. The third-order valence-corrected chi connectivity index (χ3v) is 2.78. The average molecular weight is 224 g/mol. The van der Waals surface area contributed by atoms with Crippen LogP contribution in [0.3, 0.4) is 0 Å². The summed E-state index contributed by atoms with van der Waals surface area (Å²) in [5.41, 5.74) is 9.40. The van der Waals surface area contributed by atoms with Crippen molar-refractivity contribution in [3.63, 3.8) is 0 Å². The number of hydrogen-bond acceptors (Lipinski definition) is 3. The molecule has 2 aromatic heterocycles. The molecule has 0 aliphatic rings. The first kappa shape index (κ1) is 9.84. The lowest BCUT2D eigenvalue weighted by Crippen LogP contribution is -1.88. The van der Waals surface area contributed by atoms with Gasteiger partial charge in [0.05, 0.1) is 11.2 Å². The first-order chi connectivity index (χ1) is 8.24. The van der Waals surface area contributed by atoms with Crippen LogP contribution in [-0.2, 0) is 0 Å². The Kier molecular flexibility index (Phi) is 2.08. The number of nitrogens with two attached hydrogens (primary N) is 1. The number of para-hydroxylation sites is 1. The zero-order valence-corrected chi connectivity index (χ0v) is 9.44. The fourth-order valence-corrected chi connectivity index (χ4v) is 1.95. The molecule has 0 unspecified atom stereocenters. The minimum atomic E-state index is 0.549. The summed E-state index contributed by atoms with van der Waals surface area (Å²) in [4.78, 5) is 4.58. The van der Waals surface area contributed by atoms with Crippen molar-refractivity contribution in [1.82, 2.24) is 15.2 Å². The summed E-state index contributed by atoms with van der Waals surface area (Å²) >= 11 is 0. The van der Waals surface area contributed by atoms with Crippen LogP contribution < -0.4 is 5.73 Å². The first-order valence-corrected chi connectivity index (χ1v) is 5.42. The molecule has 0 spiro atoms. The topological polar surface area (TPSA) is 67.6 Å². The molecule has 1 aromatic carbocycles. The lowest BCUT2D eigenvalue weighted by Gasteiger charge is -2.03. The van der Waals surface area contributed by atoms with Gasteiger partial charge in [0.2, 0.25) is 0 Å².